The number of rotatable bonds is 5. The summed E-state index contributed by atoms with van der Waals surface area (Å²) in [6.07, 6.45) is 1.15. The highest BCUT2D eigenvalue weighted by Gasteiger charge is 2.36. The Balaban J connectivity index is 2.15. The molecule has 0 unspecified atom stereocenters. The second-order valence-electron chi connectivity index (χ2n) is 5.24. The van der Waals surface area contributed by atoms with Crippen LogP contribution in [0.5, 0.6) is 11.5 Å². The van der Waals surface area contributed by atoms with E-state index in [2.05, 4.69) is 0 Å². The Hall–Kier alpha value is -2.48. The molecular weight excluding hydrogens is 334 g/mol. The Morgan fingerprint density at radius 1 is 1.38 bits per heavy atom. The Bertz CT molecular complexity index is 713. The number of esters is 1. The minimum absolute atomic E-state index is 0.0778. The number of aromatic hydroxyl groups is 1. The minimum atomic E-state index is -0.643. The minimum Gasteiger partial charge on any atom is -0.504 e. The van der Waals surface area contributed by atoms with Gasteiger partial charge in [0.25, 0.3) is 11.1 Å². The van der Waals surface area contributed by atoms with E-state index in [4.69, 9.17) is 9.47 Å². The van der Waals surface area contributed by atoms with Crippen LogP contribution in [0.2, 0.25) is 0 Å². The fraction of sp³-hybridized carbons (Fsp3) is 0.312. The molecule has 7 nitrogen and oxygen atoms in total. The van der Waals surface area contributed by atoms with Crippen LogP contribution < -0.4 is 4.74 Å². The van der Waals surface area contributed by atoms with Gasteiger partial charge in [0.2, 0.25) is 0 Å². The summed E-state index contributed by atoms with van der Waals surface area (Å²) < 4.78 is 9.89. The molecule has 0 aliphatic carbocycles. The van der Waals surface area contributed by atoms with E-state index in [-0.39, 0.29) is 16.8 Å². The molecule has 0 atom stereocenters. The van der Waals surface area contributed by atoms with Gasteiger partial charge in [-0.3, -0.25) is 19.3 Å². The lowest BCUT2D eigenvalue weighted by Crippen LogP contribution is -2.35. The summed E-state index contributed by atoms with van der Waals surface area (Å²) in [6, 6.07) is 4.60. The normalized spacial score (nSPS) is 16.2. The fourth-order valence-corrected chi connectivity index (χ4v) is 2.85. The van der Waals surface area contributed by atoms with Crippen molar-refractivity contribution in [3.8, 4) is 11.5 Å². The number of nitrogens with zero attached hydrogens (tertiary/aromatic N) is 1. The molecule has 2 amide bonds. The molecule has 1 aromatic carbocycles. The molecule has 8 heteroatoms. The van der Waals surface area contributed by atoms with Crippen LogP contribution in [0.25, 0.3) is 6.08 Å². The summed E-state index contributed by atoms with van der Waals surface area (Å²) >= 11 is 0.731. The van der Waals surface area contributed by atoms with E-state index in [0.717, 1.165) is 16.7 Å². The van der Waals surface area contributed by atoms with Crippen LogP contribution in [0.4, 0.5) is 4.79 Å². The molecule has 1 N–H and O–H groups in total. The highest BCUT2D eigenvalue weighted by atomic mass is 32.2. The molecule has 0 spiro atoms. The standard InChI is InChI=1S/C16H17NO6S/c1-9(2)23-14(19)8-17-15(20)13(24-16(17)21)7-10-4-5-12(22-3)11(18)6-10/h4-7,9,18H,8H2,1-3H3/b13-7+. The maximum absolute atomic E-state index is 12.3. The van der Waals surface area contributed by atoms with Gasteiger partial charge in [0.1, 0.15) is 6.54 Å². The van der Waals surface area contributed by atoms with Crippen LogP contribution >= 0.6 is 11.8 Å². The first kappa shape index (κ1) is 17.9. The number of hydrogen-bond donors (Lipinski definition) is 1. The van der Waals surface area contributed by atoms with Gasteiger partial charge >= 0.3 is 5.97 Å². The van der Waals surface area contributed by atoms with Crippen molar-refractivity contribution in [1.82, 2.24) is 4.90 Å². The van der Waals surface area contributed by atoms with Crippen LogP contribution in [-0.4, -0.2) is 46.9 Å². The molecule has 1 aliphatic heterocycles. The zero-order chi connectivity index (χ0) is 17.9. The lowest BCUT2D eigenvalue weighted by molar-refractivity contribution is -0.149. The predicted molar refractivity (Wildman–Crippen MR) is 88.6 cm³/mol. The van der Waals surface area contributed by atoms with Crippen molar-refractivity contribution >= 4 is 35.0 Å². The smallest absolute Gasteiger partial charge is 0.326 e. The average Bonchev–Trinajstić information content (AvgIpc) is 2.74. The Morgan fingerprint density at radius 3 is 2.67 bits per heavy atom. The number of amides is 2. The SMILES string of the molecule is COc1ccc(/C=C2/SC(=O)N(CC(=O)OC(C)C)C2=O)cc1O. The van der Waals surface area contributed by atoms with E-state index in [0.29, 0.717) is 11.3 Å². The second kappa shape index (κ2) is 7.39. The van der Waals surface area contributed by atoms with Crippen molar-refractivity contribution in [3.63, 3.8) is 0 Å². The topological polar surface area (TPSA) is 93.1 Å². The van der Waals surface area contributed by atoms with Gasteiger partial charge in [-0.05, 0) is 49.4 Å². The quantitative estimate of drug-likeness (QED) is 0.643. The number of phenolic OH excluding ortho intramolecular Hbond substituents is 1. The Labute approximate surface area is 143 Å². The molecule has 1 fully saturated rings. The van der Waals surface area contributed by atoms with Gasteiger partial charge in [0, 0.05) is 0 Å². The van der Waals surface area contributed by atoms with Crippen molar-refractivity contribution in [3.05, 3.63) is 28.7 Å². The number of benzene rings is 1. The van der Waals surface area contributed by atoms with Gasteiger partial charge < -0.3 is 14.6 Å². The molecular formula is C16H17NO6S. The highest BCUT2D eigenvalue weighted by Crippen LogP contribution is 2.34. The number of imide groups is 1. The van der Waals surface area contributed by atoms with Gasteiger partial charge in [0.05, 0.1) is 18.1 Å². The molecule has 1 aromatic rings. The maximum Gasteiger partial charge on any atom is 0.326 e. The molecule has 1 heterocycles. The van der Waals surface area contributed by atoms with Crippen LogP contribution in [0.1, 0.15) is 19.4 Å². The summed E-state index contributed by atoms with van der Waals surface area (Å²) in [6.45, 7) is 2.94. The van der Waals surface area contributed by atoms with Gasteiger partial charge in [-0.1, -0.05) is 6.07 Å². The van der Waals surface area contributed by atoms with Crippen molar-refractivity contribution in [1.29, 1.82) is 0 Å². The lowest BCUT2D eigenvalue weighted by atomic mass is 10.2. The molecule has 2 rings (SSSR count). The van der Waals surface area contributed by atoms with Crippen LogP contribution in [0, 0.1) is 0 Å². The summed E-state index contributed by atoms with van der Waals surface area (Å²) in [5.74, 6) is -0.987. The third-order valence-corrected chi connectivity index (χ3v) is 3.94. The molecule has 24 heavy (non-hydrogen) atoms. The molecule has 0 bridgehead atoms. The average molecular weight is 351 g/mol. The van der Waals surface area contributed by atoms with Crippen molar-refractivity contribution in [2.45, 2.75) is 20.0 Å². The van der Waals surface area contributed by atoms with E-state index in [1.807, 2.05) is 0 Å². The first-order valence-electron chi connectivity index (χ1n) is 7.13. The first-order valence-corrected chi connectivity index (χ1v) is 7.95. The molecule has 128 valence electrons. The lowest BCUT2D eigenvalue weighted by Gasteiger charge is -2.13. The Morgan fingerprint density at radius 2 is 2.08 bits per heavy atom. The van der Waals surface area contributed by atoms with Crippen LogP contribution in [-0.2, 0) is 14.3 Å². The molecule has 1 saturated heterocycles. The van der Waals surface area contributed by atoms with Crippen LogP contribution in [0.15, 0.2) is 23.1 Å². The third kappa shape index (κ3) is 4.08. The van der Waals surface area contributed by atoms with Crippen molar-refractivity contribution in [2.75, 3.05) is 13.7 Å². The number of thioether (sulfide) groups is 1. The highest BCUT2D eigenvalue weighted by molar-refractivity contribution is 8.18. The Kier molecular flexibility index (Phi) is 5.50. The van der Waals surface area contributed by atoms with E-state index >= 15 is 0 Å². The summed E-state index contributed by atoms with van der Waals surface area (Å²) in [7, 11) is 1.43. The maximum atomic E-state index is 12.3. The summed E-state index contributed by atoms with van der Waals surface area (Å²) in [5.41, 5.74) is 0.531. The molecule has 0 aromatic heterocycles. The number of methoxy groups -OCH3 is 1. The number of carbonyl (C=O) groups is 3. The summed E-state index contributed by atoms with van der Waals surface area (Å²) in [4.78, 5) is 36.8. The van der Waals surface area contributed by atoms with Crippen LogP contribution in [0.3, 0.4) is 0 Å². The largest absolute Gasteiger partial charge is 0.504 e. The summed E-state index contributed by atoms with van der Waals surface area (Å²) in [5, 5.41) is 9.22. The monoisotopic (exact) mass is 351 g/mol. The first-order chi connectivity index (χ1) is 11.3. The van der Waals surface area contributed by atoms with E-state index in [1.165, 1.54) is 19.3 Å². The van der Waals surface area contributed by atoms with Crippen molar-refractivity contribution in [2.24, 2.45) is 0 Å². The second-order valence-corrected chi connectivity index (χ2v) is 6.23. The number of hydrogen-bond acceptors (Lipinski definition) is 7. The van der Waals surface area contributed by atoms with Gasteiger partial charge in [-0.15, -0.1) is 0 Å². The number of carbonyl (C=O) groups excluding carboxylic acids is 3. The van der Waals surface area contributed by atoms with Crippen molar-refractivity contribution < 1.29 is 29.0 Å². The van der Waals surface area contributed by atoms with Gasteiger partial charge in [0.15, 0.2) is 11.5 Å². The number of ether oxygens (including phenoxy) is 2. The van der Waals surface area contributed by atoms with E-state index in [1.54, 1.807) is 26.0 Å². The fourth-order valence-electron chi connectivity index (χ4n) is 2.01. The van der Waals surface area contributed by atoms with Gasteiger partial charge in [-0.25, -0.2) is 0 Å². The van der Waals surface area contributed by atoms with Gasteiger partial charge in [-0.2, -0.15) is 0 Å². The third-order valence-electron chi connectivity index (χ3n) is 3.03. The molecule has 0 saturated carbocycles. The van der Waals surface area contributed by atoms with E-state index < -0.39 is 23.7 Å². The van der Waals surface area contributed by atoms with E-state index in [9.17, 15) is 19.5 Å². The predicted octanol–water partition coefficient (Wildman–Crippen LogP) is 2.39. The molecule has 1 aliphatic rings. The molecule has 0 radical (unpaired) electrons. The zero-order valence-corrected chi connectivity index (χ0v) is 14.3. The zero-order valence-electron chi connectivity index (χ0n) is 13.4. The number of phenols is 1.